The summed E-state index contributed by atoms with van der Waals surface area (Å²) in [6.07, 6.45) is 10.4. The number of hydrogen-bond donors (Lipinski definition) is 5. The molecule has 2 saturated carbocycles. The van der Waals surface area contributed by atoms with Gasteiger partial charge in [0.05, 0.1) is 17.7 Å². The normalized spacial score (nSPS) is 20.2. The summed E-state index contributed by atoms with van der Waals surface area (Å²) in [6.45, 7) is 0. The number of hydrogen-bond acceptors (Lipinski definition) is 8. The zero-order valence-electron chi connectivity index (χ0n) is 20.7. The molecule has 0 bridgehead atoms. The summed E-state index contributed by atoms with van der Waals surface area (Å²) in [4.78, 5) is 19.0. The molecule has 0 amide bonds. The minimum atomic E-state index is 0.113. The number of hydroxylamine groups is 1. The molecule has 0 spiro atoms. The van der Waals surface area contributed by atoms with Crippen molar-refractivity contribution in [2.45, 2.75) is 69.4 Å². The fourth-order valence-corrected chi connectivity index (χ4v) is 4.97. The number of nitrogens with two attached hydrogens (primary N) is 1. The van der Waals surface area contributed by atoms with Gasteiger partial charge in [-0.3, -0.25) is 5.10 Å². The molecular formula is C26H32N10O. The van der Waals surface area contributed by atoms with E-state index < -0.39 is 0 Å². The van der Waals surface area contributed by atoms with Crippen LogP contribution in [0, 0.1) is 11.3 Å². The predicted octanol–water partition coefficient (Wildman–Crippen LogP) is 4.09. The molecule has 2 aliphatic rings. The number of H-pyrrole nitrogens is 1. The molecule has 2 heterocycles. The monoisotopic (exact) mass is 500 g/mol. The summed E-state index contributed by atoms with van der Waals surface area (Å²) in [5.41, 5.74) is 10.4. The van der Waals surface area contributed by atoms with Crippen LogP contribution in [0.1, 0.15) is 68.5 Å². The molecule has 3 aromatic rings. The van der Waals surface area contributed by atoms with E-state index in [4.69, 9.17) is 15.8 Å². The van der Waals surface area contributed by atoms with Crippen molar-refractivity contribution < 1.29 is 4.84 Å². The fourth-order valence-electron chi connectivity index (χ4n) is 4.97. The molecule has 2 fully saturated rings. The first-order valence-corrected chi connectivity index (χ1v) is 12.8. The molecule has 11 heteroatoms. The van der Waals surface area contributed by atoms with Crippen molar-refractivity contribution in [3.8, 4) is 11.8 Å². The number of aliphatic imine (C=N–C) groups is 1. The summed E-state index contributed by atoms with van der Waals surface area (Å²) >= 11 is 0. The second kappa shape index (κ2) is 11.6. The lowest BCUT2D eigenvalue weighted by Crippen LogP contribution is -2.37. The van der Waals surface area contributed by atoms with Gasteiger partial charge in [0.2, 0.25) is 11.9 Å². The van der Waals surface area contributed by atoms with E-state index in [9.17, 15) is 0 Å². The summed E-state index contributed by atoms with van der Waals surface area (Å²) in [5.74, 6) is 3.39. The Labute approximate surface area is 215 Å². The Hall–Kier alpha value is -4.33. The van der Waals surface area contributed by atoms with Crippen molar-refractivity contribution in [1.82, 2.24) is 25.6 Å². The zero-order valence-corrected chi connectivity index (χ0v) is 20.7. The third-order valence-corrected chi connectivity index (χ3v) is 6.89. The lowest BCUT2D eigenvalue weighted by atomic mass is 9.91. The van der Waals surface area contributed by atoms with Gasteiger partial charge in [0.1, 0.15) is 5.82 Å². The van der Waals surface area contributed by atoms with Crippen LogP contribution >= 0.6 is 0 Å². The first kappa shape index (κ1) is 24.4. The van der Waals surface area contributed by atoms with Crippen molar-refractivity contribution in [1.29, 1.82) is 5.26 Å². The number of nitrogens with one attached hydrogen (secondary N) is 4. The standard InChI is InChI=1S/C26H32N10O/c27-16-17-4-3-7-21(14-17)37-36-25(28)30-19-8-10-20(11-9-19)31-26-29-13-12-23(33-26)32-24-15-22(34-35-24)18-5-1-2-6-18/h3-4,7,12-15,18-20H,1-2,5-6,8-11H2,(H3,28,30,36)(H3,29,31,32,33,34,35). The van der Waals surface area contributed by atoms with Crippen LogP contribution in [0.3, 0.4) is 0 Å². The minimum Gasteiger partial charge on any atom is -0.379 e. The van der Waals surface area contributed by atoms with Crippen LogP contribution in [0.5, 0.6) is 5.75 Å². The maximum Gasteiger partial charge on any atom is 0.224 e. The van der Waals surface area contributed by atoms with E-state index in [-0.39, 0.29) is 18.0 Å². The van der Waals surface area contributed by atoms with Gasteiger partial charge in [-0.15, -0.1) is 0 Å². The lowest BCUT2D eigenvalue weighted by Gasteiger charge is -2.27. The fraction of sp³-hybridized carbons (Fsp3) is 0.423. The van der Waals surface area contributed by atoms with Crippen LogP contribution < -0.4 is 26.7 Å². The number of rotatable bonds is 8. The van der Waals surface area contributed by atoms with Crippen molar-refractivity contribution in [2.75, 3.05) is 10.6 Å². The van der Waals surface area contributed by atoms with Gasteiger partial charge in [-0.2, -0.15) is 20.8 Å². The summed E-state index contributed by atoms with van der Waals surface area (Å²) < 4.78 is 0. The largest absolute Gasteiger partial charge is 0.379 e. The van der Waals surface area contributed by atoms with Gasteiger partial charge in [-0.05, 0) is 56.7 Å². The third kappa shape index (κ3) is 6.67. The van der Waals surface area contributed by atoms with E-state index in [1.54, 1.807) is 30.5 Å². The Morgan fingerprint density at radius 3 is 2.73 bits per heavy atom. The number of nitriles is 1. The van der Waals surface area contributed by atoms with E-state index >= 15 is 0 Å². The average Bonchev–Trinajstić information content (AvgIpc) is 3.62. The molecule has 37 heavy (non-hydrogen) atoms. The van der Waals surface area contributed by atoms with Gasteiger partial charge in [0, 0.05) is 36.0 Å². The smallest absolute Gasteiger partial charge is 0.224 e. The molecule has 0 atom stereocenters. The minimum absolute atomic E-state index is 0.113. The summed E-state index contributed by atoms with van der Waals surface area (Å²) in [7, 11) is 0. The molecule has 1 aromatic carbocycles. The molecule has 6 N–H and O–H groups in total. The van der Waals surface area contributed by atoms with Crippen molar-refractivity contribution >= 4 is 23.5 Å². The van der Waals surface area contributed by atoms with Crippen LogP contribution in [-0.4, -0.2) is 38.2 Å². The molecule has 5 rings (SSSR count). The van der Waals surface area contributed by atoms with Crippen molar-refractivity contribution in [3.63, 3.8) is 0 Å². The Balaban J connectivity index is 1.08. The van der Waals surface area contributed by atoms with E-state index in [1.807, 2.05) is 6.07 Å². The third-order valence-electron chi connectivity index (χ3n) is 6.89. The highest BCUT2D eigenvalue weighted by Crippen LogP contribution is 2.34. The molecule has 2 aromatic heterocycles. The van der Waals surface area contributed by atoms with Gasteiger partial charge in [-0.1, -0.05) is 18.9 Å². The quantitative estimate of drug-likeness (QED) is 0.174. The van der Waals surface area contributed by atoms with Gasteiger partial charge in [0.25, 0.3) is 0 Å². The van der Waals surface area contributed by atoms with E-state index in [0.717, 1.165) is 31.5 Å². The second-order valence-electron chi connectivity index (χ2n) is 9.59. The number of anilines is 3. The first-order chi connectivity index (χ1) is 18.1. The SMILES string of the molecule is N#Cc1cccc(ONC(N)=NC2CCC(Nc3nccc(Nc4cc(C5CCCC5)[nH]n4)n3)CC2)c1. The van der Waals surface area contributed by atoms with Gasteiger partial charge < -0.3 is 21.2 Å². The van der Waals surface area contributed by atoms with Crippen LogP contribution in [0.25, 0.3) is 0 Å². The zero-order chi connectivity index (χ0) is 25.5. The maximum absolute atomic E-state index is 8.98. The van der Waals surface area contributed by atoms with Crippen LogP contribution in [-0.2, 0) is 0 Å². The summed E-state index contributed by atoms with van der Waals surface area (Å²) in [5, 5.41) is 23.3. The van der Waals surface area contributed by atoms with Crippen LogP contribution in [0.2, 0.25) is 0 Å². The Morgan fingerprint density at radius 2 is 1.92 bits per heavy atom. The summed E-state index contributed by atoms with van der Waals surface area (Å²) in [6, 6.07) is 13.2. The molecule has 192 valence electrons. The van der Waals surface area contributed by atoms with Crippen LogP contribution in [0.4, 0.5) is 17.6 Å². The molecule has 2 aliphatic carbocycles. The topological polar surface area (TPSA) is 162 Å². The molecule has 0 unspecified atom stereocenters. The number of nitrogens with zero attached hydrogens (tertiary/aromatic N) is 5. The Kier molecular flexibility index (Phi) is 7.64. The Morgan fingerprint density at radius 1 is 1.08 bits per heavy atom. The van der Waals surface area contributed by atoms with Gasteiger partial charge in [-0.25, -0.2) is 9.98 Å². The van der Waals surface area contributed by atoms with Crippen molar-refractivity contribution in [3.05, 3.63) is 53.9 Å². The van der Waals surface area contributed by atoms with Gasteiger partial charge >= 0.3 is 0 Å². The lowest BCUT2D eigenvalue weighted by molar-refractivity contribution is 0.258. The number of aromatic amines is 1. The number of aromatic nitrogens is 4. The molecule has 0 aliphatic heterocycles. The number of guanidine groups is 1. The van der Waals surface area contributed by atoms with Crippen molar-refractivity contribution in [2.24, 2.45) is 10.7 Å². The second-order valence-corrected chi connectivity index (χ2v) is 9.59. The molecule has 0 radical (unpaired) electrons. The number of benzene rings is 1. The highest BCUT2D eigenvalue weighted by molar-refractivity contribution is 5.77. The van der Waals surface area contributed by atoms with Gasteiger partial charge in [0.15, 0.2) is 11.6 Å². The Bertz CT molecular complexity index is 1250. The van der Waals surface area contributed by atoms with E-state index in [0.29, 0.717) is 29.0 Å². The average molecular weight is 501 g/mol. The van der Waals surface area contributed by atoms with E-state index in [2.05, 4.69) is 53.4 Å². The highest BCUT2D eigenvalue weighted by atomic mass is 16.6. The first-order valence-electron chi connectivity index (χ1n) is 12.8. The molecular weight excluding hydrogens is 468 g/mol. The maximum atomic E-state index is 8.98. The van der Waals surface area contributed by atoms with E-state index in [1.165, 1.54) is 31.4 Å². The highest BCUT2D eigenvalue weighted by Gasteiger charge is 2.22. The van der Waals surface area contributed by atoms with Crippen LogP contribution in [0.15, 0.2) is 47.6 Å². The predicted molar refractivity (Wildman–Crippen MR) is 141 cm³/mol. The molecule has 0 saturated heterocycles. The molecule has 11 nitrogen and oxygen atoms in total.